The van der Waals surface area contributed by atoms with Crippen molar-refractivity contribution in [2.75, 3.05) is 5.73 Å². The number of carbonyl (C=O) groups excluding carboxylic acids is 2. The standard InChI is InChI=1S/C25H14N6O3/c26-12-15(22-20(13-27)23(28)31(30-22)16-4-2-1-3-5-16)10-17-7-9-21(34-17)14-6-8-18-19(11-14)25(33)29-24(18)32/h1-11H,28H2,(H,29,32,33). The SMILES string of the molecule is N#CC(=Cc1ccc(-c2ccc3c(c2)C(=O)NC3=O)o1)c1nn(-c2ccccc2)c(N)c1C#N. The van der Waals surface area contributed by atoms with Crippen molar-refractivity contribution in [1.82, 2.24) is 15.1 Å². The van der Waals surface area contributed by atoms with Gasteiger partial charge in [-0.2, -0.15) is 15.6 Å². The molecule has 2 aromatic carbocycles. The van der Waals surface area contributed by atoms with Crippen molar-refractivity contribution in [3.05, 3.63) is 88.8 Å². The van der Waals surface area contributed by atoms with Gasteiger partial charge in [-0.25, -0.2) is 4.68 Å². The molecule has 0 radical (unpaired) electrons. The molecule has 5 rings (SSSR count). The van der Waals surface area contributed by atoms with E-state index in [1.807, 2.05) is 24.3 Å². The van der Waals surface area contributed by atoms with Crippen molar-refractivity contribution in [1.29, 1.82) is 10.5 Å². The second-order valence-electron chi connectivity index (χ2n) is 7.38. The third kappa shape index (κ3) is 3.30. The van der Waals surface area contributed by atoms with Crippen LogP contribution in [0.1, 0.15) is 37.7 Å². The van der Waals surface area contributed by atoms with Crippen LogP contribution in [0.5, 0.6) is 0 Å². The molecule has 9 heteroatoms. The lowest BCUT2D eigenvalue weighted by Gasteiger charge is -2.02. The third-order valence-electron chi connectivity index (χ3n) is 5.34. The number of anilines is 1. The van der Waals surface area contributed by atoms with Crippen molar-refractivity contribution in [3.8, 4) is 29.1 Å². The van der Waals surface area contributed by atoms with Gasteiger partial charge in [-0.05, 0) is 36.4 Å². The summed E-state index contributed by atoms with van der Waals surface area (Å²) in [7, 11) is 0. The minimum atomic E-state index is -0.462. The molecule has 4 aromatic rings. The normalized spacial score (nSPS) is 12.7. The van der Waals surface area contributed by atoms with Crippen LogP contribution in [0.2, 0.25) is 0 Å². The molecule has 0 saturated heterocycles. The Bertz CT molecular complexity index is 1600. The monoisotopic (exact) mass is 446 g/mol. The van der Waals surface area contributed by atoms with Crippen LogP contribution in [0.4, 0.5) is 5.82 Å². The summed E-state index contributed by atoms with van der Waals surface area (Å²) in [6, 6.07) is 21.2. The molecule has 2 amide bonds. The van der Waals surface area contributed by atoms with Gasteiger partial charge >= 0.3 is 0 Å². The molecular weight excluding hydrogens is 432 g/mol. The number of hydrogen-bond donors (Lipinski definition) is 2. The molecule has 1 aliphatic heterocycles. The van der Waals surface area contributed by atoms with E-state index in [9.17, 15) is 20.1 Å². The van der Waals surface area contributed by atoms with Gasteiger partial charge in [0.1, 0.15) is 40.7 Å². The third-order valence-corrected chi connectivity index (χ3v) is 5.34. The maximum atomic E-state index is 11.9. The number of amides is 2. The molecular formula is C25H14N6O3. The van der Waals surface area contributed by atoms with Crippen LogP contribution >= 0.6 is 0 Å². The number of allylic oxidation sites excluding steroid dienone is 1. The van der Waals surface area contributed by atoms with E-state index in [2.05, 4.69) is 16.5 Å². The van der Waals surface area contributed by atoms with E-state index in [4.69, 9.17) is 10.2 Å². The Kier molecular flexibility index (Phi) is 4.78. The second kappa shape index (κ2) is 7.93. The van der Waals surface area contributed by atoms with Crippen LogP contribution in [0.3, 0.4) is 0 Å². The molecule has 0 fully saturated rings. The van der Waals surface area contributed by atoms with Crippen LogP contribution in [0.15, 0.2) is 65.1 Å². The zero-order valence-corrected chi connectivity index (χ0v) is 17.4. The quantitative estimate of drug-likeness (QED) is 0.359. The number of para-hydroxylation sites is 1. The van der Waals surface area contributed by atoms with E-state index >= 15 is 0 Å². The first kappa shape index (κ1) is 20.5. The van der Waals surface area contributed by atoms with E-state index in [-0.39, 0.29) is 28.2 Å². The van der Waals surface area contributed by atoms with E-state index in [0.29, 0.717) is 28.3 Å². The number of nitrogens with zero attached hydrogens (tertiary/aromatic N) is 4. The molecule has 0 bridgehead atoms. The fourth-order valence-electron chi connectivity index (χ4n) is 3.70. The van der Waals surface area contributed by atoms with Crippen LogP contribution in [0, 0.1) is 22.7 Å². The van der Waals surface area contributed by atoms with Gasteiger partial charge in [0.25, 0.3) is 11.8 Å². The second-order valence-corrected chi connectivity index (χ2v) is 7.38. The number of carbonyl (C=O) groups is 2. The van der Waals surface area contributed by atoms with Crippen molar-refractivity contribution in [2.24, 2.45) is 0 Å². The number of furan rings is 1. The highest BCUT2D eigenvalue weighted by atomic mass is 16.3. The summed E-state index contributed by atoms with van der Waals surface area (Å²) in [5, 5.41) is 26.1. The first-order chi connectivity index (χ1) is 16.5. The van der Waals surface area contributed by atoms with E-state index < -0.39 is 11.8 Å². The molecule has 0 aliphatic carbocycles. The Morgan fingerprint density at radius 2 is 1.79 bits per heavy atom. The van der Waals surface area contributed by atoms with Gasteiger partial charge in [-0.15, -0.1) is 0 Å². The maximum absolute atomic E-state index is 11.9. The van der Waals surface area contributed by atoms with Gasteiger partial charge in [0.15, 0.2) is 0 Å². The summed E-state index contributed by atoms with van der Waals surface area (Å²) in [4.78, 5) is 23.7. The maximum Gasteiger partial charge on any atom is 0.258 e. The Labute approximate surface area is 192 Å². The van der Waals surface area contributed by atoms with Crippen molar-refractivity contribution >= 4 is 29.3 Å². The summed E-state index contributed by atoms with van der Waals surface area (Å²) in [5.74, 6) is 0.000256. The molecule has 1 aliphatic rings. The highest BCUT2D eigenvalue weighted by Gasteiger charge is 2.27. The zero-order valence-electron chi connectivity index (χ0n) is 17.4. The largest absolute Gasteiger partial charge is 0.457 e. The Morgan fingerprint density at radius 3 is 2.53 bits per heavy atom. The minimum absolute atomic E-state index is 0.0812. The van der Waals surface area contributed by atoms with Gasteiger partial charge in [0, 0.05) is 11.6 Å². The first-order valence-corrected chi connectivity index (χ1v) is 10.1. The van der Waals surface area contributed by atoms with Gasteiger partial charge < -0.3 is 10.2 Å². The van der Waals surface area contributed by atoms with Crippen LogP contribution in [0.25, 0.3) is 28.7 Å². The molecule has 0 atom stereocenters. The average Bonchev–Trinajstić information content (AvgIpc) is 3.54. The first-order valence-electron chi connectivity index (χ1n) is 10.1. The lowest BCUT2D eigenvalue weighted by Crippen LogP contribution is -2.19. The van der Waals surface area contributed by atoms with Gasteiger partial charge in [0.05, 0.1) is 22.4 Å². The van der Waals surface area contributed by atoms with E-state index in [1.54, 1.807) is 42.5 Å². The lowest BCUT2D eigenvalue weighted by molar-refractivity contribution is 0.0879. The summed E-state index contributed by atoms with van der Waals surface area (Å²) < 4.78 is 7.25. The van der Waals surface area contributed by atoms with E-state index in [1.165, 1.54) is 10.8 Å². The molecule has 0 spiro atoms. The number of nitriles is 2. The molecule has 3 heterocycles. The lowest BCUT2D eigenvalue weighted by atomic mass is 10.0. The van der Waals surface area contributed by atoms with Gasteiger partial charge in [-0.1, -0.05) is 24.3 Å². The number of nitrogens with one attached hydrogen (secondary N) is 1. The molecule has 162 valence electrons. The summed E-state index contributed by atoms with van der Waals surface area (Å²) in [6.07, 6.45) is 1.46. The minimum Gasteiger partial charge on any atom is -0.457 e. The predicted molar refractivity (Wildman–Crippen MR) is 122 cm³/mol. The molecule has 0 saturated carbocycles. The number of aromatic nitrogens is 2. The smallest absolute Gasteiger partial charge is 0.258 e. The molecule has 34 heavy (non-hydrogen) atoms. The van der Waals surface area contributed by atoms with Crippen molar-refractivity contribution in [2.45, 2.75) is 0 Å². The highest BCUT2D eigenvalue weighted by molar-refractivity contribution is 6.21. The van der Waals surface area contributed by atoms with Crippen LogP contribution < -0.4 is 11.1 Å². The number of benzene rings is 2. The summed E-state index contributed by atoms with van der Waals surface area (Å²) >= 11 is 0. The highest BCUT2D eigenvalue weighted by Crippen LogP contribution is 2.30. The number of rotatable bonds is 4. The molecule has 3 N–H and O–H groups in total. The Morgan fingerprint density at radius 1 is 1.03 bits per heavy atom. The van der Waals surface area contributed by atoms with Crippen LogP contribution in [-0.2, 0) is 0 Å². The topological polar surface area (TPSA) is 151 Å². The fraction of sp³-hybridized carbons (Fsp3) is 0. The van der Waals surface area contributed by atoms with Crippen molar-refractivity contribution in [3.63, 3.8) is 0 Å². The van der Waals surface area contributed by atoms with Gasteiger partial charge in [0.2, 0.25) is 0 Å². The predicted octanol–water partition coefficient (Wildman–Crippen LogP) is 3.53. The number of nitrogen functional groups attached to an aromatic ring is 1. The Balaban J connectivity index is 1.52. The average molecular weight is 446 g/mol. The Hall–Kier alpha value is -5.41. The summed E-state index contributed by atoms with van der Waals surface area (Å²) in [5.41, 5.74) is 8.28. The summed E-state index contributed by atoms with van der Waals surface area (Å²) in [6.45, 7) is 0. The number of fused-ring (bicyclic) bond motifs is 1. The molecule has 2 aromatic heterocycles. The van der Waals surface area contributed by atoms with E-state index in [0.717, 1.165) is 0 Å². The van der Waals surface area contributed by atoms with Gasteiger partial charge in [-0.3, -0.25) is 14.9 Å². The van der Waals surface area contributed by atoms with Crippen LogP contribution in [-0.4, -0.2) is 21.6 Å². The number of nitrogens with two attached hydrogens (primary N) is 1. The zero-order chi connectivity index (χ0) is 23.8. The molecule has 9 nitrogen and oxygen atoms in total. The number of imide groups is 1. The van der Waals surface area contributed by atoms with Crippen molar-refractivity contribution < 1.29 is 14.0 Å². The number of hydrogen-bond acceptors (Lipinski definition) is 7. The fourth-order valence-corrected chi connectivity index (χ4v) is 3.70. The molecule has 0 unspecified atom stereocenters.